The molecule has 0 aromatic carbocycles. The molecular formula is C36H60O9. The van der Waals surface area contributed by atoms with E-state index in [9.17, 15) is 35.4 Å². The Kier molecular flexibility index (Phi) is 12.5. The highest BCUT2D eigenvalue weighted by Gasteiger charge is 2.53. The van der Waals surface area contributed by atoms with Gasteiger partial charge in [0.25, 0.3) is 0 Å². The first kappa shape index (κ1) is 38.0. The van der Waals surface area contributed by atoms with Gasteiger partial charge in [-0.25, -0.2) is 0 Å². The zero-order valence-corrected chi connectivity index (χ0v) is 28.7. The molecule has 3 rings (SSSR count). The topological polar surface area (TPSA) is 157 Å². The van der Waals surface area contributed by atoms with Crippen molar-refractivity contribution in [3.05, 3.63) is 35.5 Å². The van der Waals surface area contributed by atoms with Crippen molar-refractivity contribution in [1.82, 2.24) is 0 Å². The molecule has 0 aromatic heterocycles. The molecule has 1 heterocycles. The summed E-state index contributed by atoms with van der Waals surface area (Å²) in [5.41, 5.74) is -0.492. The Labute approximate surface area is 270 Å². The van der Waals surface area contributed by atoms with Crippen LogP contribution in [0.5, 0.6) is 0 Å². The number of ketones is 1. The third-order valence-electron chi connectivity index (χ3n) is 11.1. The van der Waals surface area contributed by atoms with Crippen LogP contribution in [0.4, 0.5) is 0 Å². The minimum absolute atomic E-state index is 0.0660. The summed E-state index contributed by atoms with van der Waals surface area (Å²) in [7, 11) is 0. The summed E-state index contributed by atoms with van der Waals surface area (Å²) < 4.78 is 11.8. The van der Waals surface area contributed by atoms with Gasteiger partial charge in [-0.15, -0.1) is 0 Å². The van der Waals surface area contributed by atoms with Crippen molar-refractivity contribution < 1.29 is 44.9 Å². The van der Waals surface area contributed by atoms with E-state index in [-0.39, 0.29) is 23.7 Å². The van der Waals surface area contributed by atoms with Gasteiger partial charge in [0.1, 0.15) is 24.4 Å². The van der Waals surface area contributed by atoms with Crippen LogP contribution >= 0.6 is 0 Å². The molecule has 0 aromatic rings. The van der Waals surface area contributed by atoms with Crippen LogP contribution in [0, 0.1) is 22.7 Å². The van der Waals surface area contributed by atoms with Crippen LogP contribution in [0.15, 0.2) is 35.5 Å². The second-order valence-corrected chi connectivity index (χ2v) is 15.5. The maximum atomic E-state index is 12.4. The molecule has 0 amide bonds. The fourth-order valence-corrected chi connectivity index (χ4v) is 8.00. The molecule has 0 bridgehead atoms. The van der Waals surface area contributed by atoms with E-state index in [1.165, 1.54) is 17.2 Å². The zero-order chi connectivity index (χ0) is 34.0. The SMILES string of the molecule is C/C(=C\CC/C=C(\C)CC[C@H]1C(C)(C)[C@@H](O[C@@H]2O[C@H](CO)[C@H](O)[C@H](O)[C@H]2O)CC[C@]1(C)O)CC[C@H]1C(C)(C)C(=O)C=C[C@]1(C)O. The molecule has 9 nitrogen and oxygen atoms in total. The number of carbonyl (C=O) groups excluding carboxylic acids is 1. The lowest BCUT2D eigenvalue weighted by atomic mass is 9.58. The number of hydrogen-bond donors (Lipinski definition) is 6. The summed E-state index contributed by atoms with van der Waals surface area (Å²) in [6.07, 6.45) is 6.58. The van der Waals surface area contributed by atoms with Crippen LogP contribution in [0.1, 0.15) is 107 Å². The quantitative estimate of drug-likeness (QED) is 0.137. The van der Waals surface area contributed by atoms with E-state index in [1.807, 2.05) is 34.6 Å². The van der Waals surface area contributed by atoms with Crippen molar-refractivity contribution in [2.24, 2.45) is 22.7 Å². The summed E-state index contributed by atoms with van der Waals surface area (Å²) >= 11 is 0. The molecule has 0 spiro atoms. The second-order valence-electron chi connectivity index (χ2n) is 15.5. The molecule has 3 aliphatic rings. The predicted octanol–water partition coefficient (Wildman–Crippen LogP) is 4.12. The normalized spacial score (nSPS) is 40.5. The fourth-order valence-electron chi connectivity index (χ4n) is 8.00. The first-order valence-electron chi connectivity index (χ1n) is 16.7. The molecule has 45 heavy (non-hydrogen) atoms. The summed E-state index contributed by atoms with van der Waals surface area (Å²) in [6.45, 7) is 15.3. The highest BCUT2D eigenvalue weighted by atomic mass is 16.7. The average Bonchev–Trinajstić information content (AvgIpc) is 2.94. The van der Waals surface area contributed by atoms with Crippen LogP contribution in [0.2, 0.25) is 0 Å². The molecule has 2 aliphatic carbocycles. The molecule has 1 aliphatic heterocycles. The molecule has 0 radical (unpaired) electrons. The molecule has 6 N–H and O–H groups in total. The van der Waals surface area contributed by atoms with Crippen molar-refractivity contribution in [3.8, 4) is 0 Å². The zero-order valence-electron chi connectivity index (χ0n) is 28.7. The lowest BCUT2D eigenvalue weighted by molar-refractivity contribution is -0.327. The van der Waals surface area contributed by atoms with Gasteiger partial charge in [0.15, 0.2) is 12.1 Å². The molecule has 0 unspecified atom stereocenters. The summed E-state index contributed by atoms with van der Waals surface area (Å²) in [5.74, 6) is -0.185. The van der Waals surface area contributed by atoms with Crippen LogP contribution in [0.3, 0.4) is 0 Å². The molecule has 9 heteroatoms. The van der Waals surface area contributed by atoms with E-state index >= 15 is 0 Å². The molecule has 258 valence electrons. The lowest BCUT2D eigenvalue weighted by Gasteiger charge is -2.53. The summed E-state index contributed by atoms with van der Waals surface area (Å²) in [4.78, 5) is 12.4. The van der Waals surface area contributed by atoms with Gasteiger partial charge >= 0.3 is 0 Å². The van der Waals surface area contributed by atoms with Gasteiger partial charge in [0.2, 0.25) is 0 Å². The third-order valence-corrected chi connectivity index (χ3v) is 11.1. The van der Waals surface area contributed by atoms with E-state index in [2.05, 4.69) is 26.0 Å². The van der Waals surface area contributed by atoms with Crippen molar-refractivity contribution in [2.45, 2.75) is 155 Å². The number of unbranched alkanes of at least 4 members (excludes halogenated alkanes) is 1. The van der Waals surface area contributed by atoms with Gasteiger partial charge in [-0.1, -0.05) is 51.0 Å². The summed E-state index contributed by atoms with van der Waals surface area (Å²) in [6, 6.07) is 0. The van der Waals surface area contributed by atoms with Gasteiger partial charge in [-0.2, -0.15) is 0 Å². The van der Waals surface area contributed by atoms with E-state index in [0.717, 1.165) is 38.5 Å². The Morgan fingerprint density at radius 2 is 1.47 bits per heavy atom. The summed E-state index contributed by atoms with van der Waals surface area (Å²) in [5, 5.41) is 62.7. The number of hydrogen-bond acceptors (Lipinski definition) is 9. The van der Waals surface area contributed by atoms with Gasteiger partial charge < -0.3 is 40.1 Å². The van der Waals surface area contributed by atoms with Crippen molar-refractivity contribution in [3.63, 3.8) is 0 Å². The Morgan fingerprint density at radius 1 is 0.911 bits per heavy atom. The fraction of sp³-hybridized carbons (Fsp3) is 0.806. The Hall–Kier alpha value is -1.43. The minimum Gasteiger partial charge on any atom is -0.394 e. The molecule has 2 fully saturated rings. The average molecular weight is 637 g/mol. The molecule has 1 saturated heterocycles. The second kappa shape index (κ2) is 14.8. The van der Waals surface area contributed by atoms with Crippen LogP contribution in [-0.2, 0) is 14.3 Å². The standard InChI is InChI=1S/C36H60O9/c1-22(13-15-25-33(3,4)27(38)17-19-35(25,7)42)11-9-10-12-23(2)14-16-26-34(5,6)28(18-20-36(26,8)43)45-32-31(41)30(40)29(39)24(21-37)44-32/h11-12,17,19,24-26,28-32,37,39-43H,9-10,13-16,18,20-21H2,1-8H3/b22-11+,23-12+/t24-,25+,26+,28+,29+,30+,31-,32+,35+,36+/m1/s1. The molecule has 10 atom stereocenters. The number of aliphatic hydroxyl groups is 6. The Bertz CT molecular complexity index is 1100. The minimum atomic E-state index is -1.50. The molecular weight excluding hydrogens is 576 g/mol. The highest BCUT2D eigenvalue weighted by Crippen LogP contribution is 2.50. The van der Waals surface area contributed by atoms with Crippen LogP contribution < -0.4 is 0 Å². The van der Waals surface area contributed by atoms with Gasteiger partial charge in [-0.05, 0) is 103 Å². The van der Waals surface area contributed by atoms with Gasteiger partial charge in [0, 0.05) is 11.3 Å². The predicted molar refractivity (Wildman–Crippen MR) is 173 cm³/mol. The first-order valence-corrected chi connectivity index (χ1v) is 16.7. The van der Waals surface area contributed by atoms with Gasteiger partial charge in [0.05, 0.1) is 23.9 Å². The number of ether oxygens (including phenoxy) is 2. The Morgan fingerprint density at radius 3 is 2.02 bits per heavy atom. The van der Waals surface area contributed by atoms with Gasteiger partial charge in [-0.3, -0.25) is 4.79 Å². The van der Waals surface area contributed by atoms with Crippen LogP contribution in [-0.4, -0.2) is 91.0 Å². The van der Waals surface area contributed by atoms with E-state index in [4.69, 9.17) is 9.47 Å². The van der Waals surface area contributed by atoms with E-state index < -0.39 is 59.3 Å². The maximum Gasteiger partial charge on any atom is 0.186 e. The number of aliphatic hydroxyl groups excluding tert-OH is 4. The first-order chi connectivity index (χ1) is 20.8. The monoisotopic (exact) mass is 636 g/mol. The Balaban J connectivity index is 1.54. The van der Waals surface area contributed by atoms with E-state index in [1.54, 1.807) is 13.0 Å². The van der Waals surface area contributed by atoms with Crippen molar-refractivity contribution in [1.29, 1.82) is 0 Å². The largest absolute Gasteiger partial charge is 0.394 e. The van der Waals surface area contributed by atoms with Crippen molar-refractivity contribution in [2.75, 3.05) is 6.61 Å². The maximum absolute atomic E-state index is 12.4. The highest BCUT2D eigenvalue weighted by molar-refractivity contribution is 5.95. The van der Waals surface area contributed by atoms with E-state index in [0.29, 0.717) is 12.8 Å². The lowest BCUT2D eigenvalue weighted by Crippen LogP contribution is -2.61. The number of rotatable bonds is 12. The molecule has 1 saturated carbocycles. The third kappa shape index (κ3) is 8.73. The number of allylic oxidation sites excluding steroid dienone is 5. The number of carbonyl (C=O) groups is 1. The smallest absolute Gasteiger partial charge is 0.186 e. The van der Waals surface area contributed by atoms with Crippen molar-refractivity contribution >= 4 is 5.78 Å². The van der Waals surface area contributed by atoms with Crippen LogP contribution in [0.25, 0.3) is 0 Å².